The number of imidazole rings is 1. The highest BCUT2D eigenvalue weighted by molar-refractivity contribution is 5.87. The minimum atomic E-state index is -0.595. The summed E-state index contributed by atoms with van der Waals surface area (Å²) in [5, 5.41) is 2.69. The van der Waals surface area contributed by atoms with E-state index in [0.29, 0.717) is 19.1 Å². The molecule has 3 N–H and O–H groups in total. The third kappa shape index (κ3) is 4.61. The van der Waals surface area contributed by atoms with Crippen molar-refractivity contribution in [3.8, 4) is 0 Å². The number of carbonyl (C=O) groups excluding carboxylic acids is 2. The summed E-state index contributed by atoms with van der Waals surface area (Å²) in [6.45, 7) is 9.44. The van der Waals surface area contributed by atoms with Gasteiger partial charge in [-0.2, -0.15) is 0 Å². The average Bonchev–Trinajstić information content (AvgIpc) is 3.11. The van der Waals surface area contributed by atoms with E-state index in [1.807, 2.05) is 36.9 Å². The van der Waals surface area contributed by atoms with E-state index in [0.717, 1.165) is 29.7 Å². The summed E-state index contributed by atoms with van der Waals surface area (Å²) < 4.78 is 2.29. The van der Waals surface area contributed by atoms with Crippen molar-refractivity contribution in [2.45, 2.75) is 58.5 Å². The number of piperidine rings is 1. The number of nitrogens with two attached hydrogens (primary N) is 1. The third-order valence-corrected chi connectivity index (χ3v) is 5.71. The van der Waals surface area contributed by atoms with Gasteiger partial charge >= 0.3 is 0 Å². The highest BCUT2D eigenvalue weighted by atomic mass is 16.2. The number of nitrogens with one attached hydrogen (secondary N) is 1. The highest BCUT2D eigenvalue weighted by Crippen LogP contribution is 2.31. The molecule has 1 aromatic heterocycles. The lowest BCUT2D eigenvalue weighted by Gasteiger charge is -2.33. The zero-order valence-electron chi connectivity index (χ0n) is 17.9. The molecule has 1 aliphatic heterocycles. The number of para-hydroxylation sites is 2. The molecule has 29 heavy (non-hydrogen) atoms. The number of carbonyl (C=O) groups is 2. The smallest absolute Gasteiger partial charge is 0.241 e. The Balaban J connectivity index is 1.71. The average molecular weight is 400 g/mol. The number of hydrogen-bond acceptors (Lipinski definition) is 4. The second-order valence-corrected chi connectivity index (χ2v) is 8.59. The molecule has 3 rings (SSSR count). The third-order valence-electron chi connectivity index (χ3n) is 5.71. The van der Waals surface area contributed by atoms with Gasteiger partial charge in [-0.25, -0.2) is 4.98 Å². The molecule has 2 amide bonds. The second-order valence-electron chi connectivity index (χ2n) is 8.59. The Morgan fingerprint density at radius 1 is 1.24 bits per heavy atom. The Morgan fingerprint density at radius 3 is 2.66 bits per heavy atom. The Labute approximate surface area is 172 Å². The van der Waals surface area contributed by atoms with Gasteiger partial charge in [-0.1, -0.05) is 26.0 Å². The summed E-state index contributed by atoms with van der Waals surface area (Å²) in [4.78, 5) is 31.5. The summed E-state index contributed by atoms with van der Waals surface area (Å²) >= 11 is 0. The molecule has 1 saturated heterocycles. The van der Waals surface area contributed by atoms with Crippen molar-refractivity contribution in [1.29, 1.82) is 0 Å². The van der Waals surface area contributed by atoms with E-state index in [9.17, 15) is 9.59 Å². The molecule has 158 valence electrons. The van der Waals surface area contributed by atoms with Gasteiger partial charge < -0.3 is 20.5 Å². The van der Waals surface area contributed by atoms with Gasteiger partial charge in [0.1, 0.15) is 5.82 Å². The molecule has 0 spiro atoms. The van der Waals surface area contributed by atoms with Gasteiger partial charge in [0.05, 0.1) is 23.6 Å². The van der Waals surface area contributed by atoms with Gasteiger partial charge in [-0.15, -0.1) is 0 Å². The summed E-state index contributed by atoms with van der Waals surface area (Å²) in [6, 6.07) is 7.88. The number of nitrogens with zero attached hydrogens (tertiary/aromatic N) is 3. The van der Waals surface area contributed by atoms with E-state index < -0.39 is 6.04 Å². The summed E-state index contributed by atoms with van der Waals surface area (Å²) in [5.74, 6) is 0.934. The van der Waals surface area contributed by atoms with Crippen LogP contribution in [0.5, 0.6) is 0 Å². The molecule has 0 aliphatic carbocycles. The van der Waals surface area contributed by atoms with E-state index in [1.54, 1.807) is 0 Å². The summed E-state index contributed by atoms with van der Waals surface area (Å²) in [6.07, 6.45) is 1.93. The predicted molar refractivity (Wildman–Crippen MR) is 114 cm³/mol. The van der Waals surface area contributed by atoms with Crippen molar-refractivity contribution < 1.29 is 9.59 Å². The van der Waals surface area contributed by atoms with Crippen LogP contribution in [0.1, 0.15) is 58.3 Å². The molecular formula is C22H33N5O2. The number of rotatable bonds is 6. The fourth-order valence-corrected chi connectivity index (χ4v) is 4.00. The molecule has 1 unspecified atom stereocenters. The molecule has 7 nitrogen and oxygen atoms in total. The number of benzene rings is 1. The Bertz CT molecular complexity index is 873. The Morgan fingerprint density at radius 2 is 1.97 bits per heavy atom. The fourth-order valence-electron chi connectivity index (χ4n) is 4.00. The van der Waals surface area contributed by atoms with Gasteiger partial charge in [0.25, 0.3) is 0 Å². The molecular weight excluding hydrogens is 366 g/mol. The van der Waals surface area contributed by atoms with Crippen LogP contribution in [0.15, 0.2) is 24.3 Å². The first-order valence-corrected chi connectivity index (χ1v) is 10.6. The standard InChI is InChI=1S/C22H33N5O2/c1-14(2)20(23)22(29)24-12-19(28)26-11-7-8-16(13-26)21-25-17-9-5-6-10-18(17)27(21)15(3)4/h5-6,9-10,14-16,20H,7-8,11-13,23H2,1-4H3,(H,24,29)/t16?,20-/m0/s1. The molecule has 1 aromatic carbocycles. The van der Waals surface area contributed by atoms with Crippen LogP contribution in [0.4, 0.5) is 0 Å². The SMILES string of the molecule is CC(C)[C@H](N)C(=O)NCC(=O)N1CCCC(c2nc3ccccc3n2C(C)C)C1. The van der Waals surface area contributed by atoms with Gasteiger partial charge in [0.15, 0.2) is 0 Å². The molecule has 2 heterocycles. The molecule has 1 fully saturated rings. The minimum Gasteiger partial charge on any atom is -0.346 e. The van der Waals surface area contributed by atoms with E-state index in [-0.39, 0.29) is 30.2 Å². The van der Waals surface area contributed by atoms with Gasteiger partial charge in [-0.3, -0.25) is 9.59 Å². The van der Waals surface area contributed by atoms with Crippen molar-refractivity contribution in [2.24, 2.45) is 11.7 Å². The van der Waals surface area contributed by atoms with Gasteiger partial charge in [-0.05, 0) is 44.7 Å². The summed E-state index contributed by atoms with van der Waals surface area (Å²) in [5.41, 5.74) is 7.99. The lowest BCUT2D eigenvalue weighted by Crippen LogP contribution is -2.49. The van der Waals surface area contributed by atoms with Crippen molar-refractivity contribution in [2.75, 3.05) is 19.6 Å². The van der Waals surface area contributed by atoms with Gasteiger partial charge in [0, 0.05) is 25.0 Å². The molecule has 7 heteroatoms. The van der Waals surface area contributed by atoms with Crippen molar-refractivity contribution in [1.82, 2.24) is 19.8 Å². The van der Waals surface area contributed by atoms with Crippen molar-refractivity contribution in [3.63, 3.8) is 0 Å². The highest BCUT2D eigenvalue weighted by Gasteiger charge is 2.29. The number of aromatic nitrogens is 2. The van der Waals surface area contributed by atoms with E-state index in [4.69, 9.17) is 10.7 Å². The van der Waals surface area contributed by atoms with Crippen LogP contribution in [0, 0.1) is 5.92 Å². The molecule has 0 bridgehead atoms. The first-order chi connectivity index (χ1) is 13.8. The van der Waals surface area contributed by atoms with Gasteiger partial charge in [0.2, 0.25) is 11.8 Å². The van der Waals surface area contributed by atoms with Crippen LogP contribution in [0.25, 0.3) is 11.0 Å². The van der Waals surface area contributed by atoms with Crippen LogP contribution in [0.2, 0.25) is 0 Å². The maximum atomic E-state index is 12.7. The van der Waals surface area contributed by atoms with E-state index in [2.05, 4.69) is 29.8 Å². The van der Waals surface area contributed by atoms with Crippen LogP contribution >= 0.6 is 0 Å². The topological polar surface area (TPSA) is 93.2 Å². The number of amides is 2. The number of likely N-dealkylation sites (tertiary alicyclic amines) is 1. The second kappa shape index (κ2) is 8.95. The summed E-state index contributed by atoms with van der Waals surface area (Å²) in [7, 11) is 0. The normalized spacial score (nSPS) is 18.4. The molecule has 0 saturated carbocycles. The van der Waals surface area contributed by atoms with Crippen LogP contribution in [-0.2, 0) is 9.59 Å². The van der Waals surface area contributed by atoms with Crippen LogP contribution in [0.3, 0.4) is 0 Å². The molecule has 2 atom stereocenters. The Kier molecular flexibility index (Phi) is 6.57. The first-order valence-electron chi connectivity index (χ1n) is 10.6. The zero-order chi connectivity index (χ0) is 21.1. The maximum Gasteiger partial charge on any atom is 0.241 e. The lowest BCUT2D eigenvalue weighted by molar-refractivity contribution is -0.134. The molecule has 0 radical (unpaired) electrons. The monoisotopic (exact) mass is 399 g/mol. The van der Waals surface area contributed by atoms with E-state index in [1.165, 1.54) is 0 Å². The largest absolute Gasteiger partial charge is 0.346 e. The lowest BCUT2D eigenvalue weighted by atomic mass is 9.96. The predicted octanol–water partition coefficient (Wildman–Crippen LogP) is 2.42. The van der Waals surface area contributed by atoms with E-state index >= 15 is 0 Å². The fraction of sp³-hybridized carbons (Fsp3) is 0.591. The molecule has 2 aromatic rings. The zero-order valence-corrected chi connectivity index (χ0v) is 17.9. The number of fused-ring (bicyclic) bond motifs is 1. The molecule has 1 aliphatic rings. The van der Waals surface area contributed by atoms with Crippen molar-refractivity contribution in [3.05, 3.63) is 30.1 Å². The first kappa shape index (κ1) is 21.3. The minimum absolute atomic E-state index is 0.00737. The maximum absolute atomic E-state index is 12.7. The quantitative estimate of drug-likeness (QED) is 0.780. The van der Waals surface area contributed by atoms with Crippen molar-refractivity contribution >= 4 is 22.8 Å². The van der Waals surface area contributed by atoms with Crippen LogP contribution < -0.4 is 11.1 Å². The van der Waals surface area contributed by atoms with Crippen LogP contribution in [-0.4, -0.2) is 51.9 Å². The Hall–Kier alpha value is -2.41. The number of hydrogen-bond donors (Lipinski definition) is 2.